The molecule has 1 aliphatic heterocycles. The second-order valence-corrected chi connectivity index (χ2v) is 7.85. The molecule has 0 radical (unpaired) electrons. The van der Waals surface area contributed by atoms with E-state index in [0.717, 1.165) is 39.0 Å². The predicted octanol–water partition coefficient (Wildman–Crippen LogP) is 1.22. The Morgan fingerprint density at radius 3 is 2.64 bits per heavy atom. The van der Waals surface area contributed by atoms with Crippen LogP contribution in [0.1, 0.15) is 32.3 Å². The number of nitrogens with one attached hydrogen (secondary N) is 1. The van der Waals surface area contributed by atoms with E-state index in [-0.39, 0.29) is 17.4 Å². The van der Waals surface area contributed by atoms with Crippen molar-refractivity contribution in [2.24, 2.45) is 0 Å². The normalized spacial score (nSPS) is 24.7. The Labute approximate surface area is 151 Å². The number of carbonyl (C=O) groups is 1. The molecule has 1 saturated carbocycles. The van der Waals surface area contributed by atoms with Gasteiger partial charge in [0.1, 0.15) is 0 Å². The Morgan fingerprint density at radius 2 is 2.04 bits per heavy atom. The van der Waals surface area contributed by atoms with Gasteiger partial charge in [0.15, 0.2) is 0 Å². The summed E-state index contributed by atoms with van der Waals surface area (Å²) >= 11 is 0. The van der Waals surface area contributed by atoms with Crippen LogP contribution in [-0.2, 0) is 10.2 Å². The van der Waals surface area contributed by atoms with Gasteiger partial charge in [-0.25, -0.2) is 0 Å². The molecule has 0 unspecified atom stereocenters. The summed E-state index contributed by atoms with van der Waals surface area (Å²) in [6.07, 6.45) is 2.02. The molecule has 5 heteroatoms. The third kappa shape index (κ3) is 4.81. The van der Waals surface area contributed by atoms with Gasteiger partial charge in [-0.05, 0) is 32.3 Å². The predicted molar refractivity (Wildman–Crippen MR) is 99.5 cm³/mol. The third-order valence-electron chi connectivity index (χ3n) is 5.58. The fourth-order valence-corrected chi connectivity index (χ4v) is 3.86. The topological polar surface area (TPSA) is 55.8 Å². The maximum Gasteiger partial charge on any atom is 0.234 e. The number of piperazine rings is 1. The molecule has 1 amide bonds. The molecular weight excluding hydrogens is 314 g/mol. The van der Waals surface area contributed by atoms with Gasteiger partial charge in [-0.3, -0.25) is 14.6 Å². The van der Waals surface area contributed by atoms with Crippen molar-refractivity contribution in [1.82, 2.24) is 15.1 Å². The first-order valence-corrected chi connectivity index (χ1v) is 9.45. The Bertz CT molecular complexity index is 572. The highest BCUT2D eigenvalue weighted by atomic mass is 16.3. The number of rotatable bonds is 7. The molecule has 2 aliphatic rings. The summed E-state index contributed by atoms with van der Waals surface area (Å²) < 4.78 is 0. The van der Waals surface area contributed by atoms with Crippen LogP contribution in [0, 0.1) is 0 Å². The average molecular weight is 345 g/mol. The number of aliphatic hydroxyl groups is 1. The van der Waals surface area contributed by atoms with Crippen molar-refractivity contribution in [3.05, 3.63) is 35.9 Å². The summed E-state index contributed by atoms with van der Waals surface area (Å²) in [5.74, 6) is 0.124. The van der Waals surface area contributed by atoms with Crippen molar-refractivity contribution in [2.45, 2.75) is 44.2 Å². The Balaban J connectivity index is 1.43. The van der Waals surface area contributed by atoms with Crippen LogP contribution in [0.4, 0.5) is 0 Å². The number of amides is 1. The molecule has 1 aromatic carbocycles. The minimum Gasteiger partial charge on any atom is -0.392 e. The Kier molecular flexibility index (Phi) is 5.77. The first-order chi connectivity index (χ1) is 12.0. The van der Waals surface area contributed by atoms with Gasteiger partial charge >= 0.3 is 0 Å². The molecule has 1 heterocycles. The summed E-state index contributed by atoms with van der Waals surface area (Å²) in [4.78, 5) is 16.9. The van der Waals surface area contributed by atoms with Crippen LogP contribution in [0.3, 0.4) is 0 Å². The van der Waals surface area contributed by atoms with E-state index in [0.29, 0.717) is 19.1 Å². The molecule has 25 heavy (non-hydrogen) atoms. The van der Waals surface area contributed by atoms with Crippen molar-refractivity contribution < 1.29 is 9.90 Å². The Morgan fingerprint density at radius 1 is 1.32 bits per heavy atom. The van der Waals surface area contributed by atoms with Crippen molar-refractivity contribution in [1.29, 1.82) is 0 Å². The van der Waals surface area contributed by atoms with Crippen molar-refractivity contribution in [2.75, 3.05) is 39.3 Å². The van der Waals surface area contributed by atoms with Crippen LogP contribution in [0.5, 0.6) is 0 Å². The lowest BCUT2D eigenvalue weighted by Crippen LogP contribution is -2.55. The first-order valence-electron chi connectivity index (χ1n) is 9.45. The van der Waals surface area contributed by atoms with Crippen LogP contribution < -0.4 is 5.32 Å². The van der Waals surface area contributed by atoms with E-state index in [4.69, 9.17) is 0 Å². The molecule has 2 atom stereocenters. The SMILES string of the molecule is C[C@H](O)CN1CCN(CC(=O)NCC2(c3ccccc3)CC2)C[C@@H]1C. The smallest absolute Gasteiger partial charge is 0.234 e. The molecule has 1 aromatic rings. The van der Waals surface area contributed by atoms with E-state index in [1.165, 1.54) is 5.56 Å². The van der Waals surface area contributed by atoms with Crippen LogP contribution in [0.25, 0.3) is 0 Å². The second kappa shape index (κ2) is 7.85. The quantitative estimate of drug-likeness (QED) is 0.780. The minimum absolute atomic E-state index is 0.124. The summed E-state index contributed by atoms with van der Waals surface area (Å²) in [6.45, 7) is 8.59. The molecule has 2 N–H and O–H groups in total. The molecule has 1 aliphatic carbocycles. The molecule has 0 spiro atoms. The van der Waals surface area contributed by atoms with Crippen molar-refractivity contribution in [3.63, 3.8) is 0 Å². The maximum atomic E-state index is 12.4. The second-order valence-electron chi connectivity index (χ2n) is 7.85. The molecule has 1 saturated heterocycles. The third-order valence-corrected chi connectivity index (χ3v) is 5.58. The van der Waals surface area contributed by atoms with E-state index in [2.05, 4.69) is 46.3 Å². The fraction of sp³-hybridized carbons (Fsp3) is 0.650. The van der Waals surface area contributed by atoms with E-state index in [1.807, 2.05) is 13.0 Å². The van der Waals surface area contributed by atoms with Crippen molar-refractivity contribution >= 4 is 5.91 Å². The monoisotopic (exact) mass is 345 g/mol. The number of nitrogens with zero attached hydrogens (tertiary/aromatic N) is 2. The highest BCUT2D eigenvalue weighted by Crippen LogP contribution is 2.47. The van der Waals surface area contributed by atoms with Gasteiger partial charge in [-0.15, -0.1) is 0 Å². The van der Waals surface area contributed by atoms with Gasteiger partial charge in [-0.2, -0.15) is 0 Å². The number of benzene rings is 1. The number of aliphatic hydroxyl groups excluding tert-OH is 1. The fourth-order valence-electron chi connectivity index (χ4n) is 3.86. The van der Waals surface area contributed by atoms with Gasteiger partial charge in [0.05, 0.1) is 12.6 Å². The lowest BCUT2D eigenvalue weighted by molar-refractivity contribution is -0.123. The van der Waals surface area contributed by atoms with Crippen LogP contribution in [0.2, 0.25) is 0 Å². The standard InChI is InChI=1S/C20H31N3O2/c1-16-12-22(10-11-23(16)13-17(2)24)14-19(25)21-15-20(8-9-20)18-6-4-3-5-7-18/h3-7,16-17,24H,8-15H2,1-2H3,(H,21,25)/t16-,17-/m0/s1. The highest BCUT2D eigenvalue weighted by Gasteiger charge is 2.44. The zero-order chi connectivity index (χ0) is 17.9. The van der Waals surface area contributed by atoms with E-state index < -0.39 is 0 Å². The van der Waals surface area contributed by atoms with Gasteiger partial charge in [0.2, 0.25) is 5.91 Å². The molecular formula is C20H31N3O2. The first kappa shape index (κ1) is 18.4. The molecule has 5 nitrogen and oxygen atoms in total. The van der Waals surface area contributed by atoms with Crippen molar-refractivity contribution in [3.8, 4) is 0 Å². The molecule has 0 aromatic heterocycles. The van der Waals surface area contributed by atoms with E-state index >= 15 is 0 Å². The lowest BCUT2D eigenvalue weighted by atomic mass is 9.96. The maximum absolute atomic E-state index is 12.4. The zero-order valence-electron chi connectivity index (χ0n) is 15.4. The summed E-state index contributed by atoms with van der Waals surface area (Å²) in [6, 6.07) is 10.9. The van der Waals surface area contributed by atoms with Crippen LogP contribution in [0.15, 0.2) is 30.3 Å². The largest absolute Gasteiger partial charge is 0.392 e. The number of hydrogen-bond donors (Lipinski definition) is 2. The summed E-state index contributed by atoms with van der Waals surface area (Å²) in [5.41, 5.74) is 1.51. The van der Waals surface area contributed by atoms with Gasteiger partial charge in [0.25, 0.3) is 0 Å². The van der Waals surface area contributed by atoms with Crippen LogP contribution >= 0.6 is 0 Å². The lowest BCUT2D eigenvalue weighted by Gasteiger charge is -2.40. The van der Waals surface area contributed by atoms with E-state index in [1.54, 1.807) is 0 Å². The highest BCUT2D eigenvalue weighted by molar-refractivity contribution is 5.78. The van der Waals surface area contributed by atoms with Gasteiger partial charge < -0.3 is 10.4 Å². The molecule has 0 bridgehead atoms. The van der Waals surface area contributed by atoms with Gasteiger partial charge in [-0.1, -0.05) is 30.3 Å². The summed E-state index contributed by atoms with van der Waals surface area (Å²) in [5, 5.41) is 12.7. The zero-order valence-corrected chi connectivity index (χ0v) is 15.4. The Hall–Kier alpha value is -1.43. The molecule has 2 fully saturated rings. The number of carbonyl (C=O) groups excluding carboxylic acids is 1. The number of hydrogen-bond acceptors (Lipinski definition) is 4. The average Bonchev–Trinajstić information content (AvgIpc) is 3.37. The molecule has 3 rings (SSSR count). The van der Waals surface area contributed by atoms with E-state index in [9.17, 15) is 9.90 Å². The van der Waals surface area contributed by atoms with Crippen LogP contribution in [-0.4, -0.2) is 72.2 Å². The van der Waals surface area contributed by atoms with Gasteiger partial charge in [0, 0.05) is 44.2 Å². The minimum atomic E-state index is -0.301. The summed E-state index contributed by atoms with van der Waals surface area (Å²) in [7, 11) is 0. The number of β-amino-alcohol motifs (C(OH)–C–C–N with tert-alkyl or cyclic N) is 1. The molecule has 138 valence electrons.